The fourth-order valence-corrected chi connectivity index (χ4v) is 6.36. The number of hydrogen-bond acceptors (Lipinski definition) is 8. The molecule has 176 valence electrons. The van der Waals surface area contributed by atoms with Crippen molar-refractivity contribution in [2.24, 2.45) is 5.92 Å². The maximum atomic E-state index is 13.2. The number of aromatic nitrogens is 2. The molecule has 9 nitrogen and oxygen atoms in total. The van der Waals surface area contributed by atoms with Gasteiger partial charge < -0.3 is 10.6 Å². The van der Waals surface area contributed by atoms with Crippen molar-refractivity contribution in [3.8, 4) is 0 Å². The summed E-state index contributed by atoms with van der Waals surface area (Å²) in [5.41, 5.74) is 0.937. The van der Waals surface area contributed by atoms with E-state index in [0.717, 1.165) is 17.5 Å². The summed E-state index contributed by atoms with van der Waals surface area (Å²) >= 11 is 2.60. The molecule has 1 aromatic heterocycles. The van der Waals surface area contributed by atoms with Gasteiger partial charge in [-0.25, -0.2) is 8.42 Å². The Morgan fingerprint density at radius 3 is 2.59 bits per heavy atom. The van der Waals surface area contributed by atoms with E-state index in [2.05, 4.69) is 19.4 Å². The zero-order valence-electron chi connectivity index (χ0n) is 18.4. The van der Waals surface area contributed by atoms with Gasteiger partial charge >= 0.3 is 0 Å². The first-order chi connectivity index (χ1) is 15.2. The van der Waals surface area contributed by atoms with Crippen LogP contribution < -0.4 is 10.6 Å². The van der Waals surface area contributed by atoms with Crippen molar-refractivity contribution in [3.63, 3.8) is 0 Å². The van der Waals surface area contributed by atoms with Crippen LogP contribution in [0.3, 0.4) is 0 Å². The van der Waals surface area contributed by atoms with Crippen molar-refractivity contribution in [2.45, 2.75) is 50.1 Å². The van der Waals surface area contributed by atoms with Crippen molar-refractivity contribution in [1.29, 1.82) is 0 Å². The predicted octanol–water partition coefficient (Wildman–Crippen LogP) is 1.85. The Bertz CT molecular complexity index is 1050. The number of benzene rings is 1. The molecule has 12 heteroatoms. The molecule has 2 amide bonds. The smallest absolute Gasteiger partial charge is 0.245 e. The monoisotopic (exact) mass is 499 g/mol. The molecule has 0 radical (unpaired) electrons. The molecule has 32 heavy (non-hydrogen) atoms. The molecular formula is C20H29N5O4S3. The molecule has 0 bridgehead atoms. The van der Waals surface area contributed by atoms with Crippen molar-refractivity contribution in [1.82, 2.24) is 23.7 Å². The molecule has 0 saturated carbocycles. The minimum Gasteiger partial charge on any atom is -0.352 e. The van der Waals surface area contributed by atoms with Crippen LogP contribution in [-0.4, -0.2) is 70.5 Å². The molecule has 0 unspecified atom stereocenters. The Hall–Kier alpha value is -1.76. The highest BCUT2D eigenvalue weighted by molar-refractivity contribution is 7.98. The fraction of sp³-hybridized carbons (Fsp3) is 0.600. The molecule has 1 atom stereocenters. The quantitative estimate of drug-likeness (QED) is 0.540. The molecule has 1 fully saturated rings. The molecule has 0 spiro atoms. The van der Waals surface area contributed by atoms with Crippen LogP contribution in [0.2, 0.25) is 0 Å². The Morgan fingerprint density at radius 1 is 1.22 bits per heavy atom. The minimum atomic E-state index is -3.73. The standard InChI is InChI=1S/C20H29N5O4S3/c1-13(2)21-20(27)16(9-12-30-3)22-19(26)14-7-10-25(11-8-14)32(28,29)17-6-4-5-15-18(17)24-31-23-15/h4-6,13-14,16H,7-12H2,1-3H3,(H,21,27)(H,22,26)/t16-/m0/s1. The third-order valence-electron chi connectivity index (χ3n) is 5.37. The second-order valence-electron chi connectivity index (χ2n) is 8.07. The molecule has 1 aliphatic heterocycles. The molecule has 1 saturated heterocycles. The summed E-state index contributed by atoms with van der Waals surface area (Å²) in [5.74, 6) is 0.0384. The maximum Gasteiger partial charge on any atom is 0.245 e. The number of nitrogens with one attached hydrogen (secondary N) is 2. The van der Waals surface area contributed by atoms with E-state index in [1.54, 1.807) is 30.0 Å². The molecule has 2 heterocycles. The lowest BCUT2D eigenvalue weighted by atomic mass is 9.96. The van der Waals surface area contributed by atoms with Crippen LogP contribution in [0, 0.1) is 5.92 Å². The van der Waals surface area contributed by atoms with E-state index < -0.39 is 16.1 Å². The third-order valence-corrected chi connectivity index (χ3v) is 8.48. The predicted molar refractivity (Wildman–Crippen MR) is 127 cm³/mol. The summed E-state index contributed by atoms with van der Waals surface area (Å²) in [7, 11) is -3.73. The van der Waals surface area contributed by atoms with Crippen molar-refractivity contribution in [3.05, 3.63) is 18.2 Å². The Morgan fingerprint density at radius 2 is 1.94 bits per heavy atom. The summed E-state index contributed by atoms with van der Waals surface area (Å²) in [6.07, 6.45) is 3.30. The van der Waals surface area contributed by atoms with E-state index in [1.165, 1.54) is 4.31 Å². The second kappa shape index (κ2) is 10.9. The van der Waals surface area contributed by atoms with E-state index in [9.17, 15) is 18.0 Å². The van der Waals surface area contributed by atoms with Gasteiger partial charge in [-0.15, -0.1) is 0 Å². The summed E-state index contributed by atoms with van der Waals surface area (Å²) in [4.78, 5) is 25.5. The zero-order chi connectivity index (χ0) is 23.3. The van der Waals surface area contributed by atoms with Crippen LogP contribution >= 0.6 is 23.5 Å². The van der Waals surface area contributed by atoms with Crippen molar-refractivity contribution in [2.75, 3.05) is 25.1 Å². The van der Waals surface area contributed by atoms with Gasteiger partial charge in [0.05, 0.1) is 11.7 Å². The fourth-order valence-electron chi connectivity index (χ4n) is 3.67. The van der Waals surface area contributed by atoms with E-state index in [0.29, 0.717) is 30.3 Å². The first-order valence-corrected chi connectivity index (χ1v) is 14.1. The molecule has 1 aliphatic rings. The first kappa shape index (κ1) is 24.9. The Labute approximate surface area is 197 Å². The lowest BCUT2D eigenvalue weighted by Crippen LogP contribution is -2.51. The maximum absolute atomic E-state index is 13.2. The van der Waals surface area contributed by atoms with Crippen LogP contribution in [0.4, 0.5) is 0 Å². The largest absolute Gasteiger partial charge is 0.352 e. The number of rotatable bonds is 9. The average Bonchev–Trinajstić information content (AvgIpc) is 3.24. The van der Waals surface area contributed by atoms with Gasteiger partial charge in [-0.2, -0.15) is 24.8 Å². The molecule has 2 aromatic rings. The van der Waals surface area contributed by atoms with Crippen LogP contribution in [0.1, 0.15) is 33.1 Å². The van der Waals surface area contributed by atoms with Gasteiger partial charge in [0.1, 0.15) is 22.0 Å². The molecule has 0 aliphatic carbocycles. The van der Waals surface area contributed by atoms with Crippen LogP contribution in [0.25, 0.3) is 11.0 Å². The molecule has 2 N–H and O–H groups in total. The number of nitrogens with zero attached hydrogens (tertiary/aromatic N) is 3. The number of piperidine rings is 1. The van der Waals surface area contributed by atoms with Gasteiger partial charge in [0, 0.05) is 25.0 Å². The average molecular weight is 500 g/mol. The van der Waals surface area contributed by atoms with Gasteiger partial charge in [-0.3, -0.25) is 9.59 Å². The third kappa shape index (κ3) is 5.77. The topological polar surface area (TPSA) is 121 Å². The lowest BCUT2D eigenvalue weighted by molar-refractivity contribution is -0.132. The van der Waals surface area contributed by atoms with Gasteiger partial charge in [0.15, 0.2) is 0 Å². The van der Waals surface area contributed by atoms with Gasteiger partial charge in [-0.05, 0) is 57.3 Å². The number of hydrogen-bond donors (Lipinski definition) is 2. The van der Waals surface area contributed by atoms with E-state index >= 15 is 0 Å². The molecule has 1 aromatic carbocycles. The highest BCUT2D eigenvalue weighted by Crippen LogP contribution is 2.28. The summed E-state index contributed by atoms with van der Waals surface area (Å²) in [5, 5.41) is 5.74. The van der Waals surface area contributed by atoms with Gasteiger partial charge in [0.25, 0.3) is 0 Å². The number of thioether (sulfide) groups is 1. The lowest BCUT2D eigenvalue weighted by Gasteiger charge is -2.31. The van der Waals surface area contributed by atoms with Gasteiger partial charge in [0.2, 0.25) is 21.8 Å². The number of carbonyl (C=O) groups is 2. The molecular weight excluding hydrogens is 470 g/mol. The minimum absolute atomic E-state index is 0.0120. The summed E-state index contributed by atoms with van der Waals surface area (Å²) in [6, 6.07) is 4.34. The SMILES string of the molecule is CSCC[C@H](NC(=O)C1CCN(S(=O)(=O)c2cccc3nsnc23)CC1)C(=O)NC(C)C. The van der Waals surface area contributed by atoms with Crippen molar-refractivity contribution >= 4 is 56.4 Å². The van der Waals surface area contributed by atoms with Crippen LogP contribution in [0.15, 0.2) is 23.1 Å². The summed E-state index contributed by atoms with van der Waals surface area (Å²) in [6.45, 7) is 4.23. The molecule has 3 rings (SSSR count). The normalized spacial score (nSPS) is 16.9. The Kier molecular flexibility index (Phi) is 8.48. The van der Waals surface area contributed by atoms with E-state index in [4.69, 9.17) is 0 Å². The highest BCUT2D eigenvalue weighted by atomic mass is 32.2. The van der Waals surface area contributed by atoms with E-state index in [-0.39, 0.29) is 41.8 Å². The van der Waals surface area contributed by atoms with Crippen molar-refractivity contribution < 1.29 is 18.0 Å². The van der Waals surface area contributed by atoms with Crippen LogP contribution in [0.5, 0.6) is 0 Å². The zero-order valence-corrected chi connectivity index (χ0v) is 20.9. The number of sulfonamides is 1. The Balaban J connectivity index is 1.63. The number of carbonyl (C=O) groups excluding carboxylic acids is 2. The highest BCUT2D eigenvalue weighted by Gasteiger charge is 2.34. The number of fused-ring (bicyclic) bond motifs is 1. The summed E-state index contributed by atoms with van der Waals surface area (Å²) < 4.78 is 36.0. The second-order valence-corrected chi connectivity index (χ2v) is 11.5. The van der Waals surface area contributed by atoms with Crippen LogP contribution in [-0.2, 0) is 19.6 Å². The van der Waals surface area contributed by atoms with E-state index in [1.807, 2.05) is 20.1 Å². The first-order valence-electron chi connectivity index (χ1n) is 10.5. The van der Waals surface area contributed by atoms with Gasteiger partial charge in [-0.1, -0.05) is 6.07 Å². The number of amides is 2.